The number of nitrogen functional groups attached to an aromatic ring is 1. The van der Waals surface area contributed by atoms with Gasteiger partial charge in [0.05, 0.1) is 36.1 Å². The molecule has 5 aliphatic rings. The molecule has 0 bridgehead atoms. The highest BCUT2D eigenvalue weighted by atomic mass is 19.4. The predicted octanol–water partition coefficient (Wildman–Crippen LogP) is 3.72. The first kappa shape index (κ1) is 29.8. The molecule has 3 N–H and O–H groups in total. The number of nitrogens with two attached hydrogens (primary N) is 1. The second-order valence-electron chi connectivity index (χ2n) is 13.5. The number of morpholine rings is 1. The molecule has 0 unspecified atom stereocenters. The minimum Gasteiger partial charge on any atom is -0.472 e. The molecule has 4 fully saturated rings. The minimum atomic E-state index is -4.85. The van der Waals surface area contributed by atoms with Crippen molar-refractivity contribution in [2.24, 2.45) is 5.41 Å². The van der Waals surface area contributed by atoms with E-state index < -0.39 is 34.9 Å². The van der Waals surface area contributed by atoms with Crippen LogP contribution in [0.5, 0.6) is 11.9 Å². The van der Waals surface area contributed by atoms with E-state index in [4.69, 9.17) is 24.9 Å². The first-order chi connectivity index (χ1) is 21.9. The van der Waals surface area contributed by atoms with Gasteiger partial charge in [0.1, 0.15) is 34.3 Å². The summed E-state index contributed by atoms with van der Waals surface area (Å²) in [5.41, 5.74) is 2.97. The molecule has 0 radical (unpaired) electrons. The van der Waals surface area contributed by atoms with Crippen LogP contribution >= 0.6 is 0 Å². The maximum atomic E-state index is 16.7. The number of hydrogen-bond donors (Lipinski definition) is 2. The second kappa shape index (κ2) is 10.5. The van der Waals surface area contributed by atoms with Crippen molar-refractivity contribution in [1.29, 1.82) is 0 Å². The molecular formula is C31H36F4N8O3. The van der Waals surface area contributed by atoms with Gasteiger partial charge < -0.3 is 30.2 Å². The van der Waals surface area contributed by atoms with Crippen LogP contribution in [0.3, 0.4) is 0 Å². The van der Waals surface area contributed by atoms with Crippen LogP contribution in [0.2, 0.25) is 0 Å². The molecule has 0 amide bonds. The Kier molecular flexibility index (Phi) is 6.79. The van der Waals surface area contributed by atoms with Crippen LogP contribution in [-0.4, -0.2) is 95.1 Å². The SMILES string of the molecule is Cc1nc(N)cc(-c2nc3c4c(nc(OCC5(CN6CCOC7(CC7)C6)CC5)nc4c2F)N2CCNC[C@H]2[C@H](C)O3)c1C(F)(F)F. The summed E-state index contributed by atoms with van der Waals surface area (Å²) in [4.78, 5) is 21.9. The molecule has 0 aromatic carbocycles. The highest BCUT2D eigenvalue weighted by Gasteiger charge is 2.51. The largest absolute Gasteiger partial charge is 0.472 e. The molecule has 1 spiro atoms. The third kappa shape index (κ3) is 5.16. The number of nitrogens with one attached hydrogen (secondary N) is 1. The van der Waals surface area contributed by atoms with Crippen molar-refractivity contribution in [3.63, 3.8) is 0 Å². The summed E-state index contributed by atoms with van der Waals surface area (Å²) in [7, 11) is 0. The van der Waals surface area contributed by atoms with E-state index in [0.717, 1.165) is 58.0 Å². The number of hydrogen-bond acceptors (Lipinski definition) is 11. The molecule has 2 atom stereocenters. The van der Waals surface area contributed by atoms with Gasteiger partial charge in [0.25, 0.3) is 0 Å². The van der Waals surface area contributed by atoms with Gasteiger partial charge in [-0.1, -0.05) is 0 Å². The summed E-state index contributed by atoms with van der Waals surface area (Å²) in [6.45, 7) is 8.50. The highest BCUT2D eigenvalue weighted by Crippen LogP contribution is 2.50. The Bertz CT molecular complexity index is 1710. The summed E-state index contributed by atoms with van der Waals surface area (Å²) in [6, 6.07) is 0.751. The molecule has 3 aromatic rings. The van der Waals surface area contributed by atoms with E-state index in [2.05, 4.69) is 25.2 Å². The Morgan fingerprint density at radius 1 is 1.13 bits per heavy atom. The van der Waals surface area contributed by atoms with Crippen LogP contribution in [0, 0.1) is 18.2 Å². The summed E-state index contributed by atoms with van der Waals surface area (Å²) in [5, 5.41) is 3.55. The first-order valence-corrected chi connectivity index (χ1v) is 15.8. The number of fused-ring (bicyclic) bond motifs is 2. The fourth-order valence-corrected chi connectivity index (χ4v) is 7.26. The van der Waals surface area contributed by atoms with Gasteiger partial charge in [-0.2, -0.15) is 23.1 Å². The van der Waals surface area contributed by atoms with Crippen LogP contribution < -0.4 is 25.4 Å². The molecule has 6 heterocycles. The van der Waals surface area contributed by atoms with Crippen LogP contribution in [0.1, 0.15) is 43.9 Å². The number of piperazine rings is 1. The standard InChI is InChI=1S/C31H36F4N8O3/c1-16-22(31(33,34)35)18(11-20(36)38-16)24-23(32)25-21-26(43-8-7-37-12-19(43)17(2)46-27(21)39-24)41-28(40-25)44-15-29(3-4-29)13-42-9-10-45-30(14-42)5-6-30/h11,17,19,37H,3-10,12-15H2,1-2H3,(H2,36,38)/t17-,19-/m0/s1. The van der Waals surface area contributed by atoms with Gasteiger partial charge >= 0.3 is 12.2 Å². The van der Waals surface area contributed by atoms with E-state index >= 15 is 4.39 Å². The van der Waals surface area contributed by atoms with Crippen molar-refractivity contribution in [3.05, 3.63) is 23.1 Å². The molecule has 8 rings (SSSR count). The lowest BCUT2D eigenvalue weighted by atomic mass is 10.0. The van der Waals surface area contributed by atoms with Crippen molar-refractivity contribution in [1.82, 2.24) is 30.2 Å². The van der Waals surface area contributed by atoms with E-state index in [-0.39, 0.29) is 51.4 Å². The summed E-state index contributed by atoms with van der Waals surface area (Å²) < 4.78 is 78.1. The maximum absolute atomic E-state index is 16.7. The fraction of sp³-hybridized carbons (Fsp3) is 0.613. The lowest BCUT2D eigenvalue weighted by Crippen LogP contribution is -2.56. The Morgan fingerprint density at radius 2 is 1.93 bits per heavy atom. The van der Waals surface area contributed by atoms with E-state index in [9.17, 15) is 13.2 Å². The number of pyridine rings is 2. The van der Waals surface area contributed by atoms with Crippen molar-refractivity contribution in [3.8, 4) is 23.1 Å². The quantitative estimate of drug-likeness (QED) is 0.382. The molecular weight excluding hydrogens is 608 g/mol. The molecule has 2 aliphatic carbocycles. The average molecular weight is 645 g/mol. The topological polar surface area (TPSA) is 124 Å². The number of nitrogens with zero attached hydrogens (tertiary/aromatic N) is 6. The number of halogens is 4. The molecule has 15 heteroatoms. The van der Waals surface area contributed by atoms with Gasteiger partial charge in [0.15, 0.2) is 5.82 Å². The van der Waals surface area contributed by atoms with Crippen LogP contribution in [0.25, 0.3) is 22.2 Å². The second-order valence-corrected chi connectivity index (χ2v) is 13.5. The Balaban J connectivity index is 1.22. The summed E-state index contributed by atoms with van der Waals surface area (Å²) in [6.07, 6.45) is -1.14. The van der Waals surface area contributed by atoms with E-state index in [0.29, 0.717) is 32.1 Å². The van der Waals surface area contributed by atoms with E-state index in [1.165, 1.54) is 6.92 Å². The number of rotatable bonds is 6. The normalized spacial score (nSPS) is 24.8. The lowest BCUT2D eigenvalue weighted by molar-refractivity contribution is -0.137. The van der Waals surface area contributed by atoms with Crippen molar-refractivity contribution in [2.45, 2.75) is 63.5 Å². The Hall–Kier alpha value is -3.56. The average Bonchev–Trinajstić information content (AvgIpc) is 3.94. The fourth-order valence-electron chi connectivity index (χ4n) is 7.26. The van der Waals surface area contributed by atoms with Crippen LogP contribution in [0.4, 0.5) is 29.2 Å². The number of aryl methyl sites for hydroxylation is 1. The summed E-state index contributed by atoms with van der Waals surface area (Å²) >= 11 is 0. The summed E-state index contributed by atoms with van der Waals surface area (Å²) in [5.74, 6) is -0.896. The number of aromatic nitrogens is 4. The lowest BCUT2D eigenvalue weighted by Gasteiger charge is -2.38. The van der Waals surface area contributed by atoms with Crippen molar-refractivity contribution < 1.29 is 31.8 Å². The predicted molar refractivity (Wildman–Crippen MR) is 160 cm³/mol. The zero-order valence-electron chi connectivity index (χ0n) is 25.7. The van der Waals surface area contributed by atoms with Gasteiger partial charge in [-0.05, 0) is 45.6 Å². The molecule has 3 aliphatic heterocycles. The van der Waals surface area contributed by atoms with Crippen LogP contribution in [-0.2, 0) is 10.9 Å². The van der Waals surface area contributed by atoms with Gasteiger partial charge in [-0.3, -0.25) is 4.90 Å². The molecule has 2 saturated carbocycles. The Labute approximate surface area is 262 Å². The number of ether oxygens (including phenoxy) is 3. The van der Waals surface area contributed by atoms with Crippen molar-refractivity contribution >= 4 is 22.5 Å². The zero-order chi connectivity index (χ0) is 32.0. The van der Waals surface area contributed by atoms with Gasteiger partial charge in [-0.25, -0.2) is 14.4 Å². The molecule has 46 heavy (non-hydrogen) atoms. The molecule has 3 aromatic heterocycles. The third-order valence-corrected chi connectivity index (χ3v) is 10.0. The van der Waals surface area contributed by atoms with E-state index in [1.807, 2.05) is 11.8 Å². The monoisotopic (exact) mass is 644 g/mol. The zero-order valence-corrected chi connectivity index (χ0v) is 25.7. The number of anilines is 2. The van der Waals surface area contributed by atoms with Gasteiger partial charge in [0.2, 0.25) is 5.88 Å². The molecule has 11 nitrogen and oxygen atoms in total. The third-order valence-electron chi connectivity index (χ3n) is 10.0. The molecule has 246 valence electrons. The Morgan fingerprint density at radius 3 is 2.67 bits per heavy atom. The molecule has 2 saturated heterocycles. The first-order valence-electron chi connectivity index (χ1n) is 15.8. The maximum Gasteiger partial charge on any atom is 0.418 e. The minimum absolute atomic E-state index is 0.0157. The van der Waals surface area contributed by atoms with Crippen molar-refractivity contribution in [2.75, 3.05) is 63.1 Å². The highest BCUT2D eigenvalue weighted by molar-refractivity contribution is 5.97. The van der Waals surface area contributed by atoms with Gasteiger partial charge in [-0.15, -0.1) is 0 Å². The smallest absolute Gasteiger partial charge is 0.418 e. The van der Waals surface area contributed by atoms with Gasteiger partial charge in [0, 0.05) is 50.2 Å². The van der Waals surface area contributed by atoms with Crippen LogP contribution in [0.15, 0.2) is 6.07 Å². The van der Waals surface area contributed by atoms with E-state index in [1.54, 1.807) is 0 Å². The number of alkyl halides is 3.